The van der Waals surface area contributed by atoms with Gasteiger partial charge in [0.25, 0.3) is 0 Å². The zero-order valence-corrected chi connectivity index (χ0v) is 33.8. The lowest BCUT2D eigenvalue weighted by Crippen LogP contribution is -2.66. The molecule has 16 nitrogen and oxygen atoms in total. The number of esters is 3. The zero-order chi connectivity index (χ0) is 41.2. The third-order valence-electron chi connectivity index (χ3n) is 10.4. The van der Waals surface area contributed by atoms with Crippen molar-refractivity contribution in [2.45, 2.75) is 166 Å². The Morgan fingerprint density at radius 1 is 0.982 bits per heavy atom. The van der Waals surface area contributed by atoms with E-state index < -0.39 is 116 Å². The Bertz CT molecular complexity index is 1330. The number of hydrogen-bond donors (Lipinski definition) is 3. The Morgan fingerprint density at radius 3 is 2.27 bits per heavy atom. The molecule has 0 spiro atoms. The highest BCUT2D eigenvalue weighted by molar-refractivity contribution is 5.70. The molecule has 0 radical (unpaired) electrons. The molecule has 16 heteroatoms. The summed E-state index contributed by atoms with van der Waals surface area (Å²) in [6.07, 6.45) is -4.39. The molecular weight excluding hydrogens is 722 g/mol. The van der Waals surface area contributed by atoms with E-state index in [-0.39, 0.29) is 25.2 Å². The third-order valence-corrected chi connectivity index (χ3v) is 10.4. The minimum absolute atomic E-state index is 0.00611. The van der Waals surface area contributed by atoms with Gasteiger partial charge in [0.2, 0.25) is 0 Å². The summed E-state index contributed by atoms with van der Waals surface area (Å²) < 4.78 is 48.0. The number of allylic oxidation sites excluding steroid dienone is 2. The second-order valence-electron chi connectivity index (χ2n) is 15.5. The lowest BCUT2D eigenvalue weighted by atomic mass is 9.82. The van der Waals surface area contributed by atoms with Crippen LogP contribution in [0.1, 0.15) is 80.6 Å². The van der Waals surface area contributed by atoms with Crippen LogP contribution in [0.2, 0.25) is 0 Å². The summed E-state index contributed by atoms with van der Waals surface area (Å²) in [5.41, 5.74) is -1.30. The van der Waals surface area contributed by atoms with Crippen molar-refractivity contribution in [2.75, 3.05) is 21.2 Å². The molecule has 3 heterocycles. The molecule has 3 aliphatic rings. The molecule has 55 heavy (non-hydrogen) atoms. The van der Waals surface area contributed by atoms with Gasteiger partial charge < -0.3 is 62.9 Å². The smallest absolute Gasteiger partial charge is 0.308 e. The maximum Gasteiger partial charge on any atom is 0.308 e. The van der Waals surface area contributed by atoms with Crippen molar-refractivity contribution in [1.82, 2.24) is 4.90 Å². The molecular formula is C39H63NO15. The molecule has 3 aliphatic heterocycles. The van der Waals surface area contributed by atoms with Gasteiger partial charge in [-0.15, -0.1) is 0 Å². The summed E-state index contributed by atoms with van der Waals surface area (Å²) in [6, 6.07) is -0.782. The van der Waals surface area contributed by atoms with E-state index in [4.69, 9.17) is 37.9 Å². The van der Waals surface area contributed by atoms with Crippen LogP contribution in [0.25, 0.3) is 0 Å². The standard InChI is InChI=1S/C39H63NO15/c1-21-18-27(16-17-41)35(36(48-10)29(45)19-30(46)49-22(2)14-12-11-13-15-28(21)44)54-38-33(47)32(40(8)9)34(23(3)51-38)53-31-20-39(7,55-26(6)43)37(24(4)50-31)52-25(5)42/h11-13,15,17,21-24,27-29,31-38,44-45,47H,14,16,18-20H2,1-10H3/b12-11+,15-13+. The topological polar surface area (TPSA) is 206 Å². The molecule has 0 aromatic heterocycles. The largest absolute Gasteiger partial charge is 0.462 e. The average Bonchev–Trinajstić information content (AvgIpc) is 3.06. The fraction of sp³-hybridized carbons (Fsp3) is 0.795. The number of aliphatic hydroxyl groups excluding tert-OH is 3. The summed E-state index contributed by atoms with van der Waals surface area (Å²) in [5.74, 6) is -2.87. The molecule has 0 amide bonds. The highest BCUT2D eigenvalue weighted by atomic mass is 16.7. The quantitative estimate of drug-likeness (QED) is 0.165. The summed E-state index contributed by atoms with van der Waals surface area (Å²) in [7, 11) is 4.82. The van der Waals surface area contributed by atoms with E-state index in [9.17, 15) is 34.5 Å². The fourth-order valence-electron chi connectivity index (χ4n) is 7.84. The maximum atomic E-state index is 12.9. The lowest BCUT2D eigenvalue weighted by molar-refractivity contribution is -0.344. The molecule has 16 unspecified atom stereocenters. The van der Waals surface area contributed by atoms with Crippen LogP contribution >= 0.6 is 0 Å². The number of carbonyl (C=O) groups is 4. The number of nitrogens with zero attached hydrogens (tertiary/aromatic N) is 1. The number of rotatable bonds is 10. The Labute approximate surface area is 324 Å². The first-order valence-corrected chi connectivity index (χ1v) is 19.0. The van der Waals surface area contributed by atoms with Crippen LogP contribution in [0, 0.1) is 11.8 Å². The lowest BCUT2D eigenvalue weighted by Gasteiger charge is -2.50. The van der Waals surface area contributed by atoms with Crippen LogP contribution in [0.5, 0.6) is 0 Å². The van der Waals surface area contributed by atoms with E-state index in [0.29, 0.717) is 12.7 Å². The normalized spacial score (nSPS) is 42.1. The molecule has 3 rings (SSSR count). The van der Waals surface area contributed by atoms with E-state index in [2.05, 4.69) is 0 Å². The van der Waals surface area contributed by atoms with Crippen molar-refractivity contribution < 1.29 is 72.4 Å². The van der Waals surface area contributed by atoms with E-state index in [1.807, 2.05) is 13.0 Å². The van der Waals surface area contributed by atoms with Gasteiger partial charge >= 0.3 is 17.9 Å². The van der Waals surface area contributed by atoms with Crippen LogP contribution in [-0.2, 0) is 57.1 Å². The Hall–Kier alpha value is -2.80. The van der Waals surface area contributed by atoms with Gasteiger partial charge in [0.15, 0.2) is 24.3 Å². The molecule has 0 aromatic carbocycles. The predicted molar refractivity (Wildman–Crippen MR) is 196 cm³/mol. The van der Waals surface area contributed by atoms with Crippen LogP contribution < -0.4 is 0 Å². The van der Waals surface area contributed by atoms with E-state index >= 15 is 0 Å². The third kappa shape index (κ3) is 12.9. The summed E-state index contributed by atoms with van der Waals surface area (Å²) >= 11 is 0. The molecule has 2 fully saturated rings. The summed E-state index contributed by atoms with van der Waals surface area (Å²) in [6.45, 7) is 11.1. The molecule has 2 saturated heterocycles. The Balaban J connectivity index is 1.96. The number of hydrogen-bond acceptors (Lipinski definition) is 16. The number of cyclic esters (lactones) is 1. The first kappa shape index (κ1) is 46.6. The van der Waals surface area contributed by atoms with Gasteiger partial charge in [-0.1, -0.05) is 31.2 Å². The summed E-state index contributed by atoms with van der Waals surface area (Å²) in [4.78, 5) is 50.8. The highest BCUT2D eigenvalue weighted by Crippen LogP contribution is 2.39. The molecule has 0 bridgehead atoms. The van der Waals surface area contributed by atoms with Gasteiger partial charge in [-0.05, 0) is 60.0 Å². The molecule has 0 saturated carbocycles. The Morgan fingerprint density at radius 2 is 1.67 bits per heavy atom. The minimum Gasteiger partial charge on any atom is -0.462 e. The number of carbonyl (C=O) groups excluding carboxylic acids is 4. The van der Waals surface area contributed by atoms with Crippen LogP contribution in [-0.4, -0.2) is 151 Å². The number of likely N-dealkylation sites (N-methyl/N-ethyl adjacent to an activating group) is 1. The minimum atomic E-state index is -1.45. The second kappa shape index (κ2) is 21.1. The number of aldehydes is 1. The van der Waals surface area contributed by atoms with Gasteiger partial charge in [-0.25, -0.2) is 0 Å². The van der Waals surface area contributed by atoms with Crippen molar-refractivity contribution in [2.24, 2.45) is 11.8 Å². The summed E-state index contributed by atoms with van der Waals surface area (Å²) in [5, 5.41) is 34.4. The van der Waals surface area contributed by atoms with Crippen LogP contribution in [0.3, 0.4) is 0 Å². The molecule has 3 N–H and O–H groups in total. The number of ether oxygens (including phenoxy) is 8. The van der Waals surface area contributed by atoms with Gasteiger partial charge in [-0.3, -0.25) is 14.4 Å². The molecule has 314 valence electrons. The molecule has 16 atom stereocenters. The van der Waals surface area contributed by atoms with Crippen molar-refractivity contribution in [3.8, 4) is 0 Å². The highest BCUT2D eigenvalue weighted by Gasteiger charge is 2.54. The molecule has 0 aliphatic carbocycles. The average molecular weight is 786 g/mol. The van der Waals surface area contributed by atoms with Crippen molar-refractivity contribution >= 4 is 24.2 Å². The zero-order valence-electron chi connectivity index (χ0n) is 33.8. The molecule has 0 aromatic rings. The first-order chi connectivity index (χ1) is 25.8. The fourth-order valence-corrected chi connectivity index (χ4v) is 7.84. The van der Waals surface area contributed by atoms with Crippen LogP contribution in [0.4, 0.5) is 0 Å². The van der Waals surface area contributed by atoms with E-state index in [1.165, 1.54) is 21.0 Å². The maximum absolute atomic E-state index is 12.9. The second-order valence-corrected chi connectivity index (χ2v) is 15.5. The van der Waals surface area contributed by atoms with Gasteiger partial charge in [0, 0.05) is 40.2 Å². The van der Waals surface area contributed by atoms with Gasteiger partial charge in [0.1, 0.15) is 30.7 Å². The van der Waals surface area contributed by atoms with Crippen molar-refractivity contribution in [3.63, 3.8) is 0 Å². The SMILES string of the molecule is COC1C(O)CC(=O)OC(C)C/C=C/C=C/C(O)C(C)CC(CC=O)C1OC1OC(C)C(OC2CC(C)(OC(C)=O)C(OC(C)=O)C(C)O2)C(N(C)C)C1O. The van der Waals surface area contributed by atoms with Crippen molar-refractivity contribution in [1.29, 1.82) is 0 Å². The van der Waals surface area contributed by atoms with E-state index in [1.54, 1.807) is 64.9 Å². The predicted octanol–water partition coefficient (Wildman–Crippen LogP) is 1.99. The van der Waals surface area contributed by atoms with Gasteiger partial charge in [0.05, 0.1) is 43.0 Å². The van der Waals surface area contributed by atoms with E-state index in [0.717, 1.165) is 0 Å². The first-order valence-electron chi connectivity index (χ1n) is 19.0. The monoisotopic (exact) mass is 785 g/mol. The Kier molecular flexibility index (Phi) is 17.9. The number of aliphatic hydroxyl groups is 3. The van der Waals surface area contributed by atoms with Gasteiger partial charge in [-0.2, -0.15) is 0 Å². The van der Waals surface area contributed by atoms with Crippen molar-refractivity contribution in [3.05, 3.63) is 24.3 Å². The number of methoxy groups -OCH3 is 1. The van der Waals surface area contributed by atoms with Crippen LogP contribution in [0.15, 0.2) is 24.3 Å².